The number of hydrogen-bond acceptors (Lipinski definition) is 6. The summed E-state index contributed by atoms with van der Waals surface area (Å²) in [6.45, 7) is 5.63. The summed E-state index contributed by atoms with van der Waals surface area (Å²) < 4.78 is 16.1. The Balaban J connectivity index is 2.04. The normalized spacial score (nSPS) is 17.6. The summed E-state index contributed by atoms with van der Waals surface area (Å²) in [5.41, 5.74) is 1.23. The fraction of sp³-hybridized carbons (Fsp3) is 0.360. The van der Waals surface area contributed by atoms with Gasteiger partial charge in [0.05, 0.1) is 24.8 Å². The van der Waals surface area contributed by atoms with Crippen LogP contribution in [0.15, 0.2) is 54.1 Å². The third kappa shape index (κ3) is 4.94. The smallest absolute Gasteiger partial charge is 0.295 e. The minimum Gasteiger partial charge on any atom is -0.507 e. The highest BCUT2D eigenvalue weighted by Crippen LogP contribution is 2.40. The number of carbonyl (C=O) groups excluding carboxylic acids is 2. The summed E-state index contributed by atoms with van der Waals surface area (Å²) in [5.74, 6) is -0.189. The minimum atomic E-state index is -0.701. The van der Waals surface area contributed by atoms with Crippen molar-refractivity contribution in [1.82, 2.24) is 4.90 Å². The first kappa shape index (κ1) is 23.3. The SMILES string of the molecule is CCOc1ccc(C(O)=C2C(=O)C(=O)N(CCCOC)[C@@H]2c2ccc(OCC)cc2)cc1. The Kier molecular flexibility index (Phi) is 7.89. The molecule has 0 spiro atoms. The van der Waals surface area contributed by atoms with Gasteiger partial charge in [-0.2, -0.15) is 0 Å². The van der Waals surface area contributed by atoms with E-state index < -0.39 is 17.7 Å². The molecule has 1 aliphatic rings. The molecule has 1 atom stereocenters. The average molecular weight is 440 g/mol. The second-order valence-corrected chi connectivity index (χ2v) is 7.30. The van der Waals surface area contributed by atoms with Gasteiger partial charge in [0, 0.05) is 25.8 Å². The van der Waals surface area contributed by atoms with Gasteiger partial charge in [-0.15, -0.1) is 0 Å². The molecule has 7 heteroatoms. The molecule has 0 saturated carbocycles. The van der Waals surface area contributed by atoms with Crippen molar-refractivity contribution in [2.24, 2.45) is 0 Å². The number of aliphatic hydroxyl groups excluding tert-OH is 1. The quantitative estimate of drug-likeness (QED) is 0.261. The number of ether oxygens (including phenoxy) is 3. The monoisotopic (exact) mass is 439 g/mol. The number of amides is 1. The summed E-state index contributed by atoms with van der Waals surface area (Å²) in [4.78, 5) is 27.4. The molecule has 3 rings (SSSR count). The molecule has 7 nitrogen and oxygen atoms in total. The van der Waals surface area contributed by atoms with E-state index in [0.29, 0.717) is 49.8 Å². The number of methoxy groups -OCH3 is 1. The van der Waals surface area contributed by atoms with E-state index in [0.717, 1.165) is 5.56 Å². The average Bonchev–Trinajstić information content (AvgIpc) is 3.05. The predicted octanol–water partition coefficient (Wildman–Crippen LogP) is 3.94. The Morgan fingerprint density at radius 2 is 1.50 bits per heavy atom. The number of rotatable bonds is 10. The lowest BCUT2D eigenvalue weighted by Gasteiger charge is -2.25. The van der Waals surface area contributed by atoms with E-state index in [1.165, 1.54) is 4.90 Å². The second kappa shape index (κ2) is 10.8. The first-order chi connectivity index (χ1) is 15.5. The van der Waals surface area contributed by atoms with E-state index in [1.807, 2.05) is 26.0 Å². The lowest BCUT2D eigenvalue weighted by atomic mass is 9.95. The van der Waals surface area contributed by atoms with Gasteiger partial charge in [0.1, 0.15) is 17.3 Å². The van der Waals surface area contributed by atoms with Crippen LogP contribution in [0.1, 0.15) is 37.4 Å². The summed E-state index contributed by atoms with van der Waals surface area (Å²) in [6.07, 6.45) is 0.570. The molecule has 1 aliphatic heterocycles. The maximum Gasteiger partial charge on any atom is 0.295 e. The van der Waals surface area contributed by atoms with Crippen molar-refractivity contribution in [3.8, 4) is 11.5 Å². The number of nitrogens with zero attached hydrogens (tertiary/aromatic N) is 1. The van der Waals surface area contributed by atoms with Gasteiger partial charge in [-0.1, -0.05) is 12.1 Å². The van der Waals surface area contributed by atoms with Gasteiger partial charge in [0.25, 0.3) is 11.7 Å². The summed E-state index contributed by atoms with van der Waals surface area (Å²) in [6, 6.07) is 13.3. The zero-order valence-electron chi connectivity index (χ0n) is 18.7. The van der Waals surface area contributed by atoms with Crippen molar-refractivity contribution in [1.29, 1.82) is 0 Å². The molecule has 1 saturated heterocycles. The lowest BCUT2D eigenvalue weighted by molar-refractivity contribution is -0.140. The lowest BCUT2D eigenvalue weighted by Crippen LogP contribution is -2.31. The highest BCUT2D eigenvalue weighted by molar-refractivity contribution is 6.46. The number of Topliss-reactive ketones (excluding diaryl/α,β-unsaturated/α-hetero) is 1. The number of carbonyl (C=O) groups is 2. The van der Waals surface area contributed by atoms with E-state index in [4.69, 9.17) is 14.2 Å². The van der Waals surface area contributed by atoms with E-state index in [-0.39, 0.29) is 11.3 Å². The van der Waals surface area contributed by atoms with Crippen molar-refractivity contribution in [3.05, 3.63) is 65.2 Å². The standard InChI is InChI=1S/C25H29NO6/c1-4-31-19-11-7-17(8-12-19)22-21(24(28)25(29)26(22)15-6-16-30-3)23(27)18-9-13-20(14-10-18)32-5-2/h7-14,22,27H,4-6,15-16H2,1-3H3/t22-/m1/s1. The van der Waals surface area contributed by atoms with Crippen molar-refractivity contribution in [2.75, 3.05) is 33.5 Å². The van der Waals surface area contributed by atoms with Gasteiger partial charge in [-0.3, -0.25) is 9.59 Å². The maximum atomic E-state index is 13.0. The van der Waals surface area contributed by atoms with Gasteiger partial charge in [0.15, 0.2) is 0 Å². The fourth-order valence-electron chi connectivity index (χ4n) is 3.78. The van der Waals surface area contributed by atoms with Gasteiger partial charge in [-0.25, -0.2) is 0 Å². The molecule has 0 bridgehead atoms. The van der Waals surface area contributed by atoms with E-state index in [1.54, 1.807) is 43.5 Å². The molecule has 2 aromatic carbocycles. The van der Waals surface area contributed by atoms with Crippen molar-refractivity contribution in [3.63, 3.8) is 0 Å². The largest absolute Gasteiger partial charge is 0.507 e. The van der Waals surface area contributed by atoms with Crippen LogP contribution in [0.3, 0.4) is 0 Å². The first-order valence-electron chi connectivity index (χ1n) is 10.7. The zero-order chi connectivity index (χ0) is 23.1. The van der Waals surface area contributed by atoms with Crippen molar-refractivity contribution >= 4 is 17.4 Å². The first-order valence-corrected chi connectivity index (χ1v) is 10.7. The number of aliphatic hydroxyl groups is 1. The molecule has 170 valence electrons. The molecule has 1 fully saturated rings. The van der Waals surface area contributed by atoms with Gasteiger partial charge in [0.2, 0.25) is 0 Å². The van der Waals surface area contributed by atoms with Crippen LogP contribution in [-0.2, 0) is 14.3 Å². The highest BCUT2D eigenvalue weighted by atomic mass is 16.5. The van der Waals surface area contributed by atoms with Crippen LogP contribution < -0.4 is 9.47 Å². The highest BCUT2D eigenvalue weighted by Gasteiger charge is 2.45. The van der Waals surface area contributed by atoms with Gasteiger partial charge in [-0.05, 0) is 62.2 Å². The zero-order valence-corrected chi connectivity index (χ0v) is 18.7. The van der Waals surface area contributed by atoms with Crippen LogP contribution in [0.25, 0.3) is 5.76 Å². The Bertz CT molecular complexity index is 965. The van der Waals surface area contributed by atoms with Gasteiger partial charge < -0.3 is 24.2 Å². The van der Waals surface area contributed by atoms with Crippen LogP contribution in [0.4, 0.5) is 0 Å². The summed E-state index contributed by atoms with van der Waals surface area (Å²) in [7, 11) is 1.59. The summed E-state index contributed by atoms with van der Waals surface area (Å²) in [5, 5.41) is 11.1. The Morgan fingerprint density at radius 1 is 0.938 bits per heavy atom. The maximum absolute atomic E-state index is 13.0. The summed E-state index contributed by atoms with van der Waals surface area (Å²) >= 11 is 0. The number of ketones is 1. The third-order valence-electron chi connectivity index (χ3n) is 5.23. The molecule has 0 aliphatic carbocycles. The van der Waals surface area contributed by atoms with E-state index >= 15 is 0 Å². The molecular formula is C25H29NO6. The van der Waals surface area contributed by atoms with E-state index in [2.05, 4.69) is 0 Å². The predicted molar refractivity (Wildman–Crippen MR) is 121 cm³/mol. The Labute approximate surface area is 188 Å². The second-order valence-electron chi connectivity index (χ2n) is 7.30. The number of hydrogen-bond donors (Lipinski definition) is 1. The van der Waals surface area contributed by atoms with Gasteiger partial charge >= 0.3 is 0 Å². The molecule has 2 aromatic rings. The van der Waals surface area contributed by atoms with Crippen LogP contribution in [0, 0.1) is 0 Å². The molecule has 0 aromatic heterocycles. The molecule has 1 N–H and O–H groups in total. The van der Waals surface area contributed by atoms with Crippen molar-refractivity contribution < 1.29 is 28.9 Å². The molecule has 1 amide bonds. The van der Waals surface area contributed by atoms with Crippen LogP contribution in [0.2, 0.25) is 0 Å². The Hall–Kier alpha value is -3.32. The molecular weight excluding hydrogens is 410 g/mol. The van der Waals surface area contributed by atoms with E-state index in [9.17, 15) is 14.7 Å². The number of likely N-dealkylation sites (tertiary alicyclic amines) is 1. The van der Waals surface area contributed by atoms with Crippen LogP contribution in [0.5, 0.6) is 11.5 Å². The topological polar surface area (TPSA) is 85.3 Å². The van der Waals surface area contributed by atoms with Crippen LogP contribution >= 0.6 is 0 Å². The molecule has 0 unspecified atom stereocenters. The van der Waals surface area contributed by atoms with Crippen LogP contribution in [-0.4, -0.2) is 55.2 Å². The fourth-order valence-corrected chi connectivity index (χ4v) is 3.78. The molecule has 0 radical (unpaired) electrons. The molecule has 32 heavy (non-hydrogen) atoms. The third-order valence-corrected chi connectivity index (χ3v) is 5.23. The van der Waals surface area contributed by atoms with Crippen molar-refractivity contribution in [2.45, 2.75) is 26.3 Å². The Morgan fingerprint density at radius 3 is 2.03 bits per heavy atom. The minimum absolute atomic E-state index is 0.0701. The molecule has 1 heterocycles. The number of benzene rings is 2.